The second-order valence-corrected chi connectivity index (χ2v) is 7.60. The van der Waals surface area contributed by atoms with Crippen LogP contribution in [-0.4, -0.2) is 53.1 Å². The number of aryl methyl sites for hydroxylation is 1. The molecule has 2 N–H and O–H groups in total. The summed E-state index contributed by atoms with van der Waals surface area (Å²) in [6.45, 7) is 12.7. The Morgan fingerprint density at radius 1 is 1.44 bits per heavy atom. The van der Waals surface area contributed by atoms with Crippen molar-refractivity contribution in [1.29, 1.82) is 0 Å². The molecule has 0 saturated carbocycles. The Kier molecular flexibility index (Phi) is 7.07. The zero-order valence-electron chi connectivity index (χ0n) is 15.7. The molecular weight excluding hydrogens is 431 g/mol. The molecular formula is C17H31IN6O. The first-order valence-electron chi connectivity index (χ1n) is 9.05. The summed E-state index contributed by atoms with van der Waals surface area (Å²) < 4.78 is 7.37. The van der Waals surface area contributed by atoms with Gasteiger partial charge in [0.2, 0.25) is 0 Å². The van der Waals surface area contributed by atoms with Crippen molar-refractivity contribution in [2.24, 2.45) is 10.4 Å². The number of ether oxygens (including phenoxy) is 1. The van der Waals surface area contributed by atoms with Gasteiger partial charge in [-0.05, 0) is 13.3 Å². The van der Waals surface area contributed by atoms with E-state index in [1.54, 1.807) is 0 Å². The van der Waals surface area contributed by atoms with Gasteiger partial charge in [-0.25, -0.2) is 9.67 Å². The van der Waals surface area contributed by atoms with Crippen LogP contribution >= 0.6 is 24.0 Å². The van der Waals surface area contributed by atoms with Crippen molar-refractivity contribution in [2.45, 2.75) is 59.0 Å². The highest BCUT2D eigenvalue weighted by Gasteiger charge is 2.33. The molecule has 8 heteroatoms. The zero-order valence-corrected chi connectivity index (χ0v) is 18.0. The van der Waals surface area contributed by atoms with Crippen LogP contribution in [0.1, 0.15) is 51.7 Å². The number of halogens is 1. The topological polar surface area (TPSA) is 76.4 Å². The Morgan fingerprint density at radius 2 is 2.20 bits per heavy atom. The van der Waals surface area contributed by atoms with Crippen molar-refractivity contribution in [1.82, 2.24) is 25.4 Å². The number of nitrogens with zero attached hydrogens (tertiary/aromatic N) is 4. The second kappa shape index (κ2) is 8.66. The van der Waals surface area contributed by atoms with Crippen molar-refractivity contribution in [2.75, 3.05) is 26.3 Å². The molecule has 0 aliphatic carbocycles. The standard InChI is InChI=1S/C17H30N6O.HI/c1-5-18-16(19-9-17(4)10-24-11-17)20-13-6-7-14-21-15(12(2)3)22-23(14)8-13;/h12-13H,5-11H2,1-4H3,(H2,18,19,20);1H. The van der Waals surface area contributed by atoms with Gasteiger partial charge >= 0.3 is 0 Å². The van der Waals surface area contributed by atoms with Crippen LogP contribution in [0.25, 0.3) is 0 Å². The van der Waals surface area contributed by atoms with E-state index in [1.165, 1.54) is 0 Å². The quantitative estimate of drug-likeness (QED) is 0.398. The lowest BCUT2D eigenvalue weighted by Crippen LogP contribution is -2.48. The molecule has 1 atom stereocenters. The first-order chi connectivity index (χ1) is 11.5. The highest BCUT2D eigenvalue weighted by Crippen LogP contribution is 2.26. The van der Waals surface area contributed by atoms with Crippen LogP contribution in [0.3, 0.4) is 0 Å². The summed E-state index contributed by atoms with van der Waals surface area (Å²) in [4.78, 5) is 9.41. The van der Waals surface area contributed by atoms with E-state index in [2.05, 4.69) is 53.1 Å². The lowest BCUT2D eigenvalue weighted by atomic mass is 9.89. The Bertz CT molecular complexity index is 596. The van der Waals surface area contributed by atoms with E-state index < -0.39 is 0 Å². The largest absolute Gasteiger partial charge is 0.380 e. The molecule has 0 radical (unpaired) electrons. The molecule has 2 aliphatic heterocycles. The molecule has 1 unspecified atom stereocenters. The molecule has 0 amide bonds. The number of aromatic nitrogens is 3. The molecule has 0 bridgehead atoms. The number of hydrogen-bond acceptors (Lipinski definition) is 4. The minimum atomic E-state index is 0. The minimum absolute atomic E-state index is 0. The molecule has 0 spiro atoms. The number of hydrogen-bond donors (Lipinski definition) is 2. The molecule has 2 aliphatic rings. The first-order valence-corrected chi connectivity index (χ1v) is 9.05. The monoisotopic (exact) mass is 462 g/mol. The molecule has 25 heavy (non-hydrogen) atoms. The molecule has 0 aromatic carbocycles. The van der Waals surface area contributed by atoms with Crippen molar-refractivity contribution in [3.8, 4) is 0 Å². The van der Waals surface area contributed by atoms with E-state index in [4.69, 9.17) is 9.73 Å². The van der Waals surface area contributed by atoms with E-state index in [1.807, 2.05) is 0 Å². The second-order valence-electron chi connectivity index (χ2n) is 7.60. The van der Waals surface area contributed by atoms with Gasteiger partial charge < -0.3 is 15.4 Å². The van der Waals surface area contributed by atoms with Gasteiger partial charge in [0.1, 0.15) is 5.82 Å². The summed E-state index contributed by atoms with van der Waals surface area (Å²) in [6.07, 6.45) is 2.02. The van der Waals surface area contributed by atoms with Gasteiger partial charge in [0, 0.05) is 30.3 Å². The molecule has 3 rings (SSSR count). The summed E-state index contributed by atoms with van der Waals surface area (Å²) in [7, 11) is 0. The molecule has 1 aromatic rings. The molecule has 1 fully saturated rings. The number of nitrogens with one attached hydrogen (secondary N) is 2. The zero-order chi connectivity index (χ0) is 17.2. The molecule has 142 valence electrons. The predicted molar refractivity (Wildman–Crippen MR) is 110 cm³/mol. The lowest BCUT2D eigenvalue weighted by molar-refractivity contribution is -0.0945. The van der Waals surface area contributed by atoms with Gasteiger partial charge in [-0.2, -0.15) is 5.10 Å². The van der Waals surface area contributed by atoms with E-state index in [0.29, 0.717) is 12.0 Å². The Labute approximate surface area is 167 Å². The van der Waals surface area contributed by atoms with Crippen LogP contribution < -0.4 is 10.6 Å². The molecule has 1 saturated heterocycles. The van der Waals surface area contributed by atoms with Gasteiger partial charge in [0.15, 0.2) is 11.8 Å². The summed E-state index contributed by atoms with van der Waals surface area (Å²) in [5, 5.41) is 11.6. The Hall–Kier alpha value is -0.900. The summed E-state index contributed by atoms with van der Waals surface area (Å²) in [6, 6.07) is 0.336. The third-order valence-electron chi connectivity index (χ3n) is 4.60. The average Bonchev–Trinajstić information content (AvgIpc) is 2.94. The summed E-state index contributed by atoms with van der Waals surface area (Å²) in [5.41, 5.74) is 0.195. The van der Waals surface area contributed by atoms with E-state index in [0.717, 1.165) is 63.3 Å². The van der Waals surface area contributed by atoms with Crippen LogP contribution in [0.15, 0.2) is 4.99 Å². The highest BCUT2D eigenvalue weighted by atomic mass is 127. The minimum Gasteiger partial charge on any atom is -0.380 e. The smallest absolute Gasteiger partial charge is 0.191 e. The third-order valence-corrected chi connectivity index (χ3v) is 4.60. The normalized spacial score (nSPS) is 22.0. The number of rotatable bonds is 5. The molecule has 1 aromatic heterocycles. The maximum absolute atomic E-state index is 5.31. The maximum atomic E-state index is 5.31. The molecule has 7 nitrogen and oxygen atoms in total. The maximum Gasteiger partial charge on any atom is 0.191 e. The van der Waals surface area contributed by atoms with Crippen molar-refractivity contribution in [3.05, 3.63) is 11.6 Å². The Morgan fingerprint density at radius 3 is 2.80 bits per heavy atom. The van der Waals surface area contributed by atoms with E-state index in [9.17, 15) is 0 Å². The lowest BCUT2D eigenvalue weighted by Gasteiger charge is -2.36. The SMILES string of the molecule is CCNC(=NCC1(C)COC1)NC1CCc2nc(C(C)C)nn2C1.I. The fraction of sp³-hybridized carbons (Fsp3) is 0.824. The number of guanidine groups is 1. The van der Waals surface area contributed by atoms with Crippen LogP contribution in [-0.2, 0) is 17.7 Å². The molecule has 3 heterocycles. The van der Waals surface area contributed by atoms with Crippen LogP contribution in [0.5, 0.6) is 0 Å². The van der Waals surface area contributed by atoms with Gasteiger partial charge in [-0.1, -0.05) is 20.8 Å². The summed E-state index contributed by atoms with van der Waals surface area (Å²) >= 11 is 0. The van der Waals surface area contributed by atoms with Crippen LogP contribution in [0.2, 0.25) is 0 Å². The Balaban J connectivity index is 0.00000225. The number of aliphatic imine (C=N–C) groups is 1. The van der Waals surface area contributed by atoms with Crippen LogP contribution in [0.4, 0.5) is 0 Å². The van der Waals surface area contributed by atoms with E-state index in [-0.39, 0.29) is 29.4 Å². The number of fused-ring (bicyclic) bond motifs is 1. The van der Waals surface area contributed by atoms with Crippen LogP contribution in [0, 0.1) is 5.41 Å². The third kappa shape index (κ3) is 5.06. The van der Waals surface area contributed by atoms with Gasteiger partial charge in [0.25, 0.3) is 0 Å². The van der Waals surface area contributed by atoms with Gasteiger partial charge in [-0.15, -0.1) is 24.0 Å². The van der Waals surface area contributed by atoms with Crippen molar-refractivity contribution in [3.63, 3.8) is 0 Å². The van der Waals surface area contributed by atoms with Crippen molar-refractivity contribution >= 4 is 29.9 Å². The van der Waals surface area contributed by atoms with Gasteiger partial charge in [0.05, 0.1) is 26.3 Å². The van der Waals surface area contributed by atoms with Gasteiger partial charge in [-0.3, -0.25) is 4.99 Å². The summed E-state index contributed by atoms with van der Waals surface area (Å²) in [5.74, 6) is 3.32. The first kappa shape index (κ1) is 20.4. The fourth-order valence-corrected chi connectivity index (χ4v) is 3.02. The highest BCUT2D eigenvalue weighted by molar-refractivity contribution is 14.0. The fourth-order valence-electron chi connectivity index (χ4n) is 3.02. The van der Waals surface area contributed by atoms with E-state index >= 15 is 0 Å². The average molecular weight is 462 g/mol. The van der Waals surface area contributed by atoms with Crippen molar-refractivity contribution < 1.29 is 4.74 Å². The predicted octanol–water partition coefficient (Wildman–Crippen LogP) is 1.93.